The smallest absolute Gasteiger partial charge is 0.137 e. The van der Waals surface area contributed by atoms with Gasteiger partial charge in [-0.15, -0.1) is 0 Å². The molecule has 0 aliphatic carbocycles. The molecule has 1 aromatic rings. The highest BCUT2D eigenvalue weighted by molar-refractivity contribution is 6.70. The maximum atomic E-state index is 6.44. The molecular formula is C21H36ClN5O. The largest absolute Gasteiger partial charge is 0.397 e. The number of nitrogens with two attached hydrogens (primary N) is 1. The van der Waals surface area contributed by atoms with Gasteiger partial charge >= 0.3 is 0 Å². The van der Waals surface area contributed by atoms with E-state index in [1.54, 1.807) is 7.05 Å². The molecule has 0 radical (unpaired) electrons. The van der Waals surface area contributed by atoms with E-state index in [1.807, 2.05) is 13.0 Å². The summed E-state index contributed by atoms with van der Waals surface area (Å²) < 4.78 is 5.32. The normalized spacial score (nSPS) is 20.4. The van der Waals surface area contributed by atoms with Gasteiger partial charge in [0.25, 0.3) is 0 Å². The molecule has 0 saturated carbocycles. The van der Waals surface area contributed by atoms with Gasteiger partial charge in [-0.3, -0.25) is 9.89 Å². The van der Waals surface area contributed by atoms with Crippen molar-refractivity contribution in [3.05, 3.63) is 23.1 Å². The number of aryl methyl sites for hydroxylation is 1. The van der Waals surface area contributed by atoms with Crippen LogP contribution in [0.2, 0.25) is 0 Å². The Balaban J connectivity index is 2.12. The molecule has 0 aromatic carbocycles. The lowest BCUT2D eigenvalue weighted by molar-refractivity contribution is 0.279. The van der Waals surface area contributed by atoms with Crippen LogP contribution in [-0.4, -0.2) is 54.5 Å². The summed E-state index contributed by atoms with van der Waals surface area (Å²) in [5, 5.41) is 8.27. The van der Waals surface area contributed by atoms with Crippen molar-refractivity contribution in [3.8, 4) is 0 Å². The van der Waals surface area contributed by atoms with Crippen molar-refractivity contribution in [3.63, 3.8) is 0 Å². The molecule has 2 rings (SSSR count). The van der Waals surface area contributed by atoms with Gasteiger partial charge in [0.1, 0.15) is 16.6 Å². The van der Waals surface area contributed by atoms with Crippen LogP contribution in [0.5, 0.6) is 0 Å². The molecule has 28 heavy (non-hydrogen) atoms. The number of hydrogen-bond acceptors (Lipinski definition) is 6. The van der Waals surface area contributed by atoms with Crippen LogP contribution in [0.1, 0.15) is 57.9 Å². The molecule has 1 aliphatic rings. The van der Waals surface area contributed by atoms with Crippen molar-refractivity contribution in [2.75, 3.05) is 33.2 Å². The second-order valence-corrected chi connectivity index (χ2v) is 8.36. The third-order valence-electron chi connectivity index (χ3n) is 5.25. The number of aliphatic imine (C=N–C) groups is 1. The standard InChI is InChI=1S/C21H36ClN5O/c1-5-17-12-19(26-28-17)20(23)18(21(22)24-4)14-27-11-7-6-8-16(13-27)25-10-9-15(2)3/h12,15-16,25H,5-11,13-14,23H2,1-4H3/b20-18-,24-21?. The summed E-state index contributed by atoms with van der Waals surface area (Å²) in [7, 11) is 1.69. The van der Waals surface area contributed by atoms with Crippen molar-refractivity contribution >= 4 is 22.5 Å². The first-order valence-corrected chi connectivity index (χ1v) is 10.8. The molecule has 1 unspecified atom stereocenters. The van der Waals surface area contributed by atoms with Gasteiger partial charge in [-0.1, -0.05) is 43.9 Å². The molecule has 1 fully saturated rings. The second kappa shape index (κ2) is 11.6. The Bertz CT molecular complexity index is 668. The summed E-state index contributed by atoms with van der Waals surface area (Å²) in [6, 6.07) is 2.38. The first-order valence-electron chi connectivity index (χ1n) is 10.5. The van der Waals surface area contributed by atoms with Gasteiger partial charge in [0, 0.05) is 44.2 Å². The van der Waals surface area contributed by atoms with Crippen LogP contribution >= 0.6 is 11.6 Å². The zero-order valence-corrected chi connectivity index (χ0v) is 18.6. The summed E-state index contributed by atoms with van der Waals surface area (Å²) in [5.74, 6) is 1.53. The minimum Gasteiger partial charge on any atom is -0.397 e. The van der Waals surface area contributed by atoms with E-state index in [0.29, 0.717) is 29.1 Å². The molecule has 0 spiro atoms. The molecule has 158 valence electrons. The Morgan fingerprint density at radius 2 is 2.25 bits per heavy atom. The Morgan fingerprint density at radius 1 is 1.46 bits per heavy atom. The van der Waals surface area contributed by atoms with E-state index < -0.39 is 0 Å². The molecule has 0 bridgehead atoms. The van der Waals surface area contributed by atoms with E-state index in [4.69, 9.17) is 21.9 Å². The van der Waals surface area contributed by atoms with Crippen molar-refractivity contribution in [2.24, 2.45) is 16.6 Å². The first kappa shape index (κ1) is 22.9. The Morgan fingerprint density at radius 3 is 2.89 bits per heavy atom. The third-order valence-corrected chi connectivity index (χ3v) is 5.64. The van der Waals surface area contributed by atoms with Gasteiger partial charge in [-0.25, -0.2) is 0 Å². The van der Waals surface area contributed by atoms with Crippen molar-refractivity contribution in [2.45, 2.75) is 58.9 Å². The van der Waals surface area contributed by atoms with Gasteiger partial charge in [-0.05, 0) is 38.3 Å². The molecule has 0 amide bonds. The van der Waals surface area contributed by atoms with Crippen molar-refractivity contribution in [1.29, 1.82) is 0 Å². The number of halogens is 1. The number of nitrogens with one attached hydrogen (secondary N) is 1. The molecule has 1 aromatic heterocycles. The highest BCUT2D eigenvalue weighted by Crippen LogP contribution is 2.20. The lowest BCUT2D eigenvalue weighted by Crippen LogP contribution is -2.41. The SMILES string of the molecule is CCc1cc(/C(N)=C(\CN2CCCCC(NCCC(C)C)C2)C(Cl)=NC)no1. The fraction of sp³-hybridized carbons (Fsp3) is 0.714. The maximum absolute atomic E-state index is 6.44. The molecule has 3 N–H and O–H groups in total. The summed E-state index contributed by atoms with van der Waals surface area (Å²) >= 11 is 6.44. The maximum Gasteiger partial charge on any atom is 0.137 e. The van der Waals surface area contributed by atoms with Crippen LogP contribution in [0.25, 0.3) is 5.70 Å². The predicted octanol–water partition coefficient (Wildman–Crippen LogP) is 3.66. The number of rotatable bonds is 9. The van der Waals surface area contributed by atoms with E-state index >= 15 is 0 Å². The van der Waals surface area contributed by atoms with Gasteiger partial charge in [0.15, 0.2) is 0 Å². The lowest BCUT2D eigenvalue weighted by Gasteiger charge is -2.26. The molecule has 1 aliphatic heterocycles. The van der Waals surface area contributed by atoms with E-state index in [-0.39, 0.29) is 0 Å². The van der Waals surface area contributed by atoms with Crippen LogP contribution in [0, 0.1) is 5.92 Å². The molecule has 7 heteroatoms. The fourth-order valence-corrected chi connectivity index (χ4v) is 3.65. The fourth-order valence-electron chi connectivity index (χ4n) is 3.49. The van der Waals surface area contributed by atoms with E-state index in [9.17, 15) is 0 Å². The highest BCUT2D eigenvalue weighted by Gasteiger charge is 2.22. The number of nitrogens with zero attached hydrogens (tertiary/aromatic N) is 3. The first-order chi connectivity index (χ1) is 13.4. The van der Waals surface area contributed by atoms with Crippen molar-refractivity contribution < 1.29 is 4.52 Å². The van der Waals surface area contributed by atoms with Crippen LogP contribution in [0.4, 0.5) is 0 Å². The van der Waals surface area contributed by atoms with Crippen LogP contribution < -0.4 is 11.1 Å². The minimum atomic E-state index is 0.437. The predicted molar refractivity (Wildman–Crippen MR) is 118 cm³/mol. The summed E-state index contributed by atoms with van der Waals surface area (Å²) in [6.07, 6.45) is 5.61. The van der Waals surface area contributed by atoms with Gasteiger partial charge in [0.2, 0.25) is 0 Å². The molecule has 2 heterocycles. The zero-order valence-electron chi connectivity index (χ0n) is 17.8. The van der Waals surface area contributed by atoms with E-state index in [0.717, 1.165) is 43.3 Å². The van der Waals surface area contributed by atoms with Crippen LogP contribution in [0.3, 0.4) is 0 Å². The molecular weight excluding hydrogens is 374 g/mol. The Hall–Kier alpha value is -1.37. The van der Waals surface area contributed by atoms with Crippen molar-refractivity contribution in [1.82, 2.24) is 15.4 Å². The molecule has 1 saturated heterocycles. The van der Waals surface area contributed by atoms with Gasteiger partial charge in [0.05, 0.1) is 5.70 Å². The Labute approximate surface area is 174 Å². The van der Waals surface area contributed by atoms with Gasteiger partial charge in [-0.2, -0.15) is 0 Å². The lowest BCUT2D eigenvalue weighted by atomic mass is 10.1. The Kier molecular flexibility index (Phi) is 9.48. The number of likely N-dealkylation sites (tertiary alicyclic amines) is 1. The zero-order chi connectivity index (χ0) is 20.5. The summed E-state index contributed by atoms with van der Waals surface area (Å²) in [6.45, 7) is 10.3. The number of aromatic nitrogens is 1. The minimum absolute atomic E-state index is 0.437. The number of hydrogen-bond donors (Lipinski definition) is 2. The van der Waals surface area contributed by atoms with Crippen LogP contribution in [-0.2, 0) is 6.42 Å². The molecule has 1 atom stereocenters. The summed E-state index contributed by atoms with van der Waals surface area (Å²) in [5.41, 5.74) is 8.44. The van der Waals surface area contributed by atoms with E-state index in [2.05, 4.69) is 34.2 Å². The molecule has 6 nitrogen and oxygen atoms in total. The van der Waals surface area contributed by atoms with Gasteiger partial charge < -0.3 is 15.6 Å². The highest BCUT2D eigenvalue weighted by atomic mass is 35.5. The quantitative estimate of drug-likeness (QED) is 0.608. The average molecular weight is 410 g/mol. The van der Waals surface area contributed by atoms with E-state index in [1.165, 1.54) is 25.7 Å². The van der Waals surface area contributed by atoms with Crippen LogP contribution in [0.15, 0.2) is 21.2 Å². The topological polar surface area (TPSA) is 79.7 Å². The third kappa shape index (κ3) is 6.90. The summed E-state index contributed by atoms with van der Waals surface area (Å²) in [4.78, 5) is 6.61. The average Bonchev–Trinajstić information content (AvgIpc) is 3.05. The monoisotopic (exact) mass is 409 g/mol. The second-order valence-electron chi connectivity index (χ2n) is 8.00.